The molecule has 0 heterocycles. The van der Waals surface area contributed by atoms with Crippen LogP contribution in [0.25, 0.3) is 0 Å². The Morgan fingerprint density at radius 1 is 1.44 bits per heavy atom. The molecule has 3 nitrogen and oxygen atoms in total. The average molecular weight is 278 g/mol. The van der Waals surface area contributed by atoms with Crippen molar-refractivity contribution in [2.45, 2.75) is 11.8 Å². The maximum absolute atomic E-state index is 13.0. The van der Waals surface area contributed by atoms with Gasteiger partial charge in [-0.2, -0.15) is 0 Å². The number of alkyl halides is 1. The standard InChI is InChI=1S/C12H14ClF2NO2/c1-16(5-4-12(17)18)7-9(13)8-2-3-10(14)11(15)6-8/h2-3,6,9H,4-5,7H2,1H3,(H,17,18). The number of nitrogens with zero attached hydrogens (tertiary/aromatic N) is 1. The second-order valence-electron chi connectivity index (χ2n) is 4.05. The molecule has 0 fully saturated rings. The van der Waals surface area contributed by atoms with E-state index in [2.05, 4.69) is 0 Å². The summed E-state index contributed by atoms with van der Waals surface area (Å²) in [6.45, 7) is 0.710. The summed E-state index contributed by atoms with van der Waals surface area (Å²) in [6, 6.07) is 3.50. The fourth-order valence-electron chi connectivity index (χ4n) is 1.46. The third-order valence-corrected chi connectivity index (χ3v) is 2.87. The van der Waals surface area contributed by atoms with Crippen LogP contribution in [0.3, 0.4) is 0 Å². The van der Waals surface area contributed by atoms with Crippen LogP contribution in [0, 0.1) is 11.6 Å². The first-order valence-electron chi connectivity index (χ1n) is 5.39. The van der Waals surface area contributed by atoms with Gasteiger partial charge in [-0.25, -0.2) is 8.78 Å². The van der Waals surface area contributed by atoms with E-state index < -0.39 is 23.0 Å². The van der Waals surface area contributed by atoms with Gasteiger partial charge in [0.15, 0.2) is 11.6 Å². The first kappa shape index (κ1) is 14.9. The van der Waals surface area contributed by atoms with Crippen LogP contribution in [-0.4, -0.2) is 36.1 Å². The summed E-state index contributed by atoms with van der Waals surface area (Å²) < 4.78 is 25.7. The van der Waals surface area contributed by atoms with Gasteiger partial charge < -0.3 is 10.0 Å². The number of carbonyl (C=O) groups is 1. The Hall–Kier alpha value is -1.20. The lowest BCUT2D eigenvalue weighted by molar-refractivity contribution is -0.137. The van der Waals surface area contributed by atoms with Gasteiger partial charge in [0.2, 0.25) is 0 Å². The molecule has 1 N–H and O–H groups in total. The highest BCUT2D eigenvalue weighted by Gasteiger charge is 2.14. The molecule has 0 aromatic heterocycles. The molecular weight excluding hydrogens is 264 g/mol. The molecule has 1 unspecified atom stereocenters. The number of rotatable bonds is 6. The monoisotopic (exact) mass is 277 g/mol. The van der Waals surface area contributed by atoms with Crippen LogP contribution in [0.4, 0.5) is 8.78 Å². The lowest BCUT2D eigenvalue weighted by Crippen LogP contribution is -2.25. The topological polar surface area (TPSA) is 40.5 Å². The SMILES string of the molecule is CN(CCC(=O)O)CC(Cl)c1ccc(F)c(F)c1. The van der Waals surface area contributed by atoms with Crippen molar-refractivity contribution in [3.8, 4) is 0 Å². The fraction of sp³-hybridized carbons (Fsp3) is 0.417. The molecule has 1 atom stereocenters. The Morgan fingerprint density at radius 3 is 2.67 bits per heavy atom. The second kappa shape index (κ2) is 6.66. The molecule has 0 bridgehead atoms. The van der Waals surface area contributed by atoms with Crippen LogP contribution in [-0.2, 0) is 4.79 Å². The van der Waals surface area contributed by atoms with E-state index in [4.69, 9.17) is 16.7 Å². The van der Waals surface area contributed by atoms with Gasteiger partial charge in [-0.3, -0.25) is 4.79 Å². The van der Waals surface area contributed by atoms with Gasteiger partial charge in [0.1, 0.15) is 0 Å². The summed E-state index contributed by atoms with van der Waals surface area (Å²) >= 11 is 6.06. The number of carboxylic acids is 1. The molecule has 0 saturated carbocycles. The number of hydrogen-bond acceptors (Lipinski definition) is 2. The van der Waals surface area contributed by atoms with E-state index in [9.17, 15) is 13.6 Å². The molecule has 0 aliphatic heterocycles. The van der Waals surface area contributed by atoms with Gasteiger partial charge in [0.25, 0.3) is 0 Å². The van der Waals surface area contributed by atoms with Crippen molar-refractivity contribution in [1.29, 1.82) is 0 Å². The highest BCUT2D eigenvalue weighted by Crippen LogP contribution is 2.23. The van der Waals surface area contributed by atoms with Crippen molar-refractivity contribution in [2.75, 3.05) is 20.1 Å². The van der Waals surface area contributed by atoms with Crippen LogP contribution in [0.1, 0.15) is 17.4 Å². The van der Waals surface area contributed by atoms with E-state index in [0.717, 1.165) is 12.1 Å². The molecule has 100 valence electrons. The Morgan fingerprint density at radius 2 is 2.11 bits per heavy atom. The van der Waals surface area contributed by atoms with Gasteiger partial charge in [0.05, 0.1) is 11.8 Å². The van der Waals surface area contributed by atoms with E-state index in [1.165, 1.54) is 6.07 Å². The number of carboxylic acid groups (broad SMARTS) is 1. The Balaban J connectivity index is 2.56. The van der Waals surface area contributed by atoms with Crippen LogP contribution in [0.5, 0.6) is 0 Å². The van der Waals surface area contributed by atoms with E-state index >= 15 is 0 Å². The average Bonchev–Trinajstić information content (AvgIpc) is 2.30. The maximum Gasteiger partial charge on any atom is 0.304 e. The van der Waals surface area contributed by atoms with Gasteiger partial charge in [0, 0.05) is 13.1 Å². The first-order valence-corrected chi connectivity index (χ1v) is 5.83. The quantitative estimate of drug-likeness (QED) is 0.813. The summed E-state index contributed by atoms with van der Waals surface area (Å²) in [6.07, 6.45) is 0.0118. The first-order chi connectivity index (χ1) is 8.40. The summed E-state index contributed by atoms with van der Waals surface area (Å²) in [5, 5.41) is 8.01. The number of halogens is 3. The van der Waals surface area contributed by atoms with Crippen LogP contribution in [0.2, 0.25) is 0 Å². The minimum Gasteiger partial charge on any atom is -0.481 e. The molecule has 0 spiro atoms. The molecule has 0 amide bonds. The highest BCUT2D eigenvalue weighted by molar-refractivity contribution is 6.21. The summed E-state index contributed by atoms with van der Waals surface area (Å²) in [4.78, 5) is 12.1. The molecule has 18 heavy (non-hydrogen) atoms. The summed E-state index contributed by atoms with van der Waals surface area (Å²) in [5.41, 5.74) is 0.470. The van der Waals surface area contributed by atoms with Gasteiger partial charge in [-0.05, 0) is 24.7 Å². The summed E-state index contributed by atoms with van der Waals surface area (Å²) in [7, 11) is 1.72. The molecule has 1 aromatic carbocycles. The molecular formula is C12H14ClF2NO2. The van der Waals surface area contributed by atoms with Crippen LogP contribution < -0.4 is 0 Å². The predicted octanol–water partition coefficient (Wildman–Crippen LogP) is 2.65. The number of likely N-dealkylation sites (N-methyl/N-ethyl adjacent to an activating group) is 1. The van der Waals surface area contributed by atoms with Crippen molar-refractivity contribution < 1.29 is 18.7 Å². The second-order valence-corrected chi connectivity index (χ2v) is 4.57. The zero-order valence-electron chi connectivity index (χ0n) is 9.87. The lowest BCUT2D eigenvalue weighted by Gasteiger charge is -2.19. The van der Waals surface area contributed by atoms with Gasteiger partial charge >= 0.3 is 5.97 Å². The molecule has 1 rings (SSSR count). The minimum absolute atomic E-state index is 0.0118. The molecule has 0 aliphatic carbocycles. The molecule has 0 aliphatic rings. The molecule has 1 aromatic rings. The molecule has 0 saturated heterocycles. The van der Waals surface area contributed by atoms with Crippen molar-refractivity contribution in [2.24, 2.45) is 0 Å². The Kier molecular flexibility index (Phi) is 5.50. The molecule has 6 heteroatoms. The van der Waals surface area contributed by atoms with E-state index in [1.54, 1.807) is 11.9 Å². The zero-order valence-corrected chi connectivity index (χ0v) is 10.6. The third kappa shape index (κ3) is 4.58. The van der Waals surface area contributed by atoms with Gasteiger partial charge in [-0.1, -0.05) is 6.07 Å². The van der Waals surface area contributed by atoms with E-state index in [0.29, 0.717) is 18.7 Å². The molecule has 0 radical (unpaired) electrons. The summed E-state index contributed by atoms with van der Waals surface area (Å²) in [5.74, 6) is -2.74. The zero-order chi connectivity index (χ0) is 13.7. The Labute approximate surface area is 109 Å². The smallest absolute Gasteiger partial charge is 0.304 e. The predicted molar refractivity (Wildman–Crippen MR) is 64.7 cm³/mol. The van der Waals surface area contributed by atoms with Crippen molar-refractivity contribution >= 4 is 17.6 Å². The largest absolute Gasteiger partial charge is 0.481 e. The van der Waals surface area contributed by atoms with E-state index in [1.807, 2.05) is 0 Å². The van der Waals surface area contributed by atoms with Crippen molar-refractivity contribution in [3.63, 3.8) is 0 Å². The minimum atomic E-state index is -0.939. The lowest BCUT2D eigenvalue weighted by atomic mass is 10.1. The van der Waals surface area contributed by atoms with E-state index in [-0.39, 0.29) is 6.42 Å². The van der Waals surface area contributed by atoms with Gasteiger partial charge in [-0.15, -0.1) is 11.6 Å². The van der Waals surface area contributed by atoms with Crippen molar-refractivity contribution in [1.82, 2.24) is 4.90 Å². The maximum atomic E-state index is 13.0. The number of hydrogen-bond donors (Lipinski definition) is 1. The highest BCUT2D eigenvalue weighted by atomic mass is 35.5. The Bertz CT molecular complexity index is 429. The third-order valence-electron chi connectivity index (χ3n) is 2.48. The van der Waals surface area contributed by atoms with Crippen LogP contribution >= 0.6 is 11.6 Å². The number of benzene rings is 1. The van der Waals surface area contributed by atoms with Crippen LogP contribution in [0.15, 0.2) is 18.2 Å². The normalized spacial score (nSPS) is 12.7. The van der Waals surface area contributed by atoms with Crippen molar-refractivity contribution in [3.05, 3.63) is 35.4 Å². The number of aliphatic carboxylic acids is 1. The fourth-order valence-corrected chi connectivity index (χ4v) is 1.84.